The third kappa shape index (κ3) is 5.56. The number of nitrogens with one attached hydrogen (secondary N) is 2. The fourth-order valence-corrected chi connectivity index (χ4v) is 5.91. The van der Waals surface area contributed by atoms with Crippen molar-refractivity contribution >= 4 is 37.1 Å². The Hall–Kier alpha value is -2.70. The van der Waals surface area contributed by atoms with Gasteiger partial charge in [0, 0.05) is 31.8 Å². The maximum atomic E-state index is 13.1. The van der Waals surface area contributed by atoms with Crippen molar-refractivity contribution in [1.29, 1.82) is 0 Å². The summed E-state index contributed by atoms with van der Waals surface area (Å²) in [6, 6.07) is 7.74. The molecule has 0 saturated heterocycles. The van der Waals surface area contributed by atoms with Crippen LogP contribution in [0.2, 0.25) is 0 Å². The Kier molecular flexibility index (Phi) is 8.21. The van der Waals surface area contributed by atoms with Gasteiger partial charge in [0.15, 0.2) is 0 Å². The van der Waals surface area contributed by atoms with Crippen LogP contribution < -0.4 is 10.0 Å². The first kappa shape index (κ1) is 25.6. The summed E-state index contributed by atoms with van der Waals surface area (Å²) >= 11 is 0. The zero-order valence-corrected chi connectivity index (χ0v) is 20.1. The summed E-state index contributed by atoms with van der Waals surface area (Å²) in [6.07, 6.45) is 0.760. The molecule has 0 unspecified atom stereocenters. The molecule has 0 saturated carbocycles. The van der Waals surface area contributed by atoms with E-state index in [1.807, 2.05) is 6.92 Å². The zero-order chi connectivity index (χ0) is 24.1. The summed E-state index contributed by atoms with van der Waals surface area (Å²) < 4.78 is 55.8. The quantitative estimate of drug-likeness (QED) is 0.367. The number of hydrogen-bond donors (Lipinski definition) is 2. The number of nitro benzene ring substituents is 1. The second-order valence-electron chi connectivity index (χ2n) is 7.04. The monoisotopic (exact) mass is 484 g/mol. The molecular weight excluding hydrogens is 456 g/mol. The molecule has 0 heterocycles. The van der Waals surface area contributed by atoms with Crippen molar-refractivity contribution in [2.45, 2.75) is 43.9 Å². The Labute approximate surface area is 188 Å². The van der Waals surface area contributed by atoms with Gasteiger partial charge >= 0.3 is 0 Å². The van der Waals surface area contributed by atoms with E-state index in [0.717, 1.165) is 12.5 Å². The number of hydrogen-bond acceptors (Lipinski definition) is 7. The average Bonchev–Trinajstić information content (AvgIpc) is 2.73. The highest BCUT2D eigenvalue weighted by Gasteiger charge is 2.25. The van der Waals surface area contributed by atoms with Crippen molar-refractivity contribution < 1.29 is 21.8 Å². The van der Waals surface area contributed by atoms with Gasteiger partial charge in [-0.2, -0.15) is 4.31 Å². The molecule has 2 N–H and O–H groups in total. The van der Waals surface area contributed by atoms with Gasteiger partial charge in [0.2, 0.25) is 10.0 Å². The van der Waals surface area contributed by atoms with Crippen molar-refractivity contribution in [1.82, 2.24) is 4.31 Å². The number of non-ortho nitro benzene ring substituents is 1. The van der Waals surface area contributed by atoms with E-state index in [0.29, 0.717) is 17.8 Å². The standard InChI is InChI=1S/C20H28N4O6S2/c1-5-12-21-18-11-10-17(32(29,30)23(6-2)7-3)14-19(18)22-31(27,28)20-13-16(24(25)26)9-8-15(20)4/h8-11,13-14,21-22H,5-7,12H2,1-4H3. The molecule has 0 aromatic heterocycles. The molecule has 32 heavy (non-hydrogen) atoms. The second-order valence-corrected chi connectivity index (χ2v) is 10.6. The van der Waals surface area contributed by atoms with Gasteiger partial charge in [-0.15, -0.1) is 0 Å². The molecule has 0 spiro atoms. The first-order valence-corrected chi connectivity index (χ1v) is 13.1. The van der Waals surface area contributed by atoms with Crippen LogP contribution in [0.1, 0.15) is 32.8 Å². The number of anilines is 2. The fourth-order valence-electron chi connectivity index (χ4n) is 3.09. The highest BCUT2D eigenvalue weighted by atomic mass is 32.2. The number of nitro groups is 1. The molecule has 0 radical (unpaired) electrons. The Morgan fingerprint density at radius 1 is 0.969 bits per heavy atom. The minimum Gasteiger partial charge on any atom is -0.383 e. The number of rotatable bonds is 11. The van der Waals surface area contributed by atoms with E-state index in [1.165, 1.54) is 41.6 Å². The smallest absolute Gasteiger partial charge is 0.270 e. The molecule has 0 bridgehead atoms. The number of aryl methyl sites for hydroxylation is 1. The molecule has 2 rings (SSSR count). The van der Waals surface area contributed by atoms with Crippen LogP contribution in [-0.4, -0.2) is 45.7 Å². The largest absolute Gasteiger partial charge is 0.383 e. The van der Waals surface area contributed by atoms with Gasteiger partial charge in [0.25, 0.3) is 15.7 Å². The molecule has 0 aliphatic rings. The van der Waals surface area contributed by atoms with Crippen molar-refractivity contribution in [2.24, 2.45) is 0 Å². The molecule has 0 aliphatic heterocycles. The van der Waals surface area contributed by atoms with Gasteiger partial charge in [-0.1, -0.05) is 26.8 Å². The van der Waals surface area contributed by atoms with Crippen molar-refractivity contribution in [2.75, 3.05) is 29.7 Å². The lowest BCUT2D eigenvalue weighted by atomic mass is 10.2. The summed E-state index contributed by atoms with van der Waals surface area (Å²) in [5, 5.41) is 14.2. The second kappa shape index (κ2) is 10.3. The number of benzene rings is 2. The molecule has 0 aliphatic carbocycles. The van der Waals surface area contributed by atoms with Crippen LogP contribution in [0.3, 0.4) is 0 Å². The summed E-state index contributed by atoms with van der Waals surface area (Å²) in [5.74, 6) is 0. The van der Waals surface area contributed by atoms with Crippen LogP contribution in [0.15, 0.2) is 46.2 Å². The SMILES string of the molecule is CCCNc1ccc(S(=O)(=O)N(CC)CC)cc1NS(=O)(=O)c1cc([N+](=O)[O-])ccc1C. The lowest BCUT2D eigenvalue weighted by Gasteiger charge is -2.20. The van der Waals surface area contributed by atoms with Crippen LogP contribution in [0.25, 0.3) is 0 Å². The highest BCUT2D eigenvalue weighted by Crippen LogP contribution is 2.31. The van der Waals surface area contributed by atoms with E-state index in [4.69, 9.17) is 0 Å². The van der Waals surface area contributed by atoms with E-state index in [-0.39, 0.29) is 34.3 Å². The normalized spacial score (nSPS) is 12.0. The molecule has 176 valence electrons. The first-order valence-electron chi connectivity index (χ1n) is 10.1. The van der Waals surface area contributed by atoms with E-state index in [2.05, 4.69) is 10.0 Å². The van der Waals surface area contributed by atoms with Crippen LogP contribution in [0.4, 0.5) is 17.1 Å². The third-order valence-electron chi connectivity index (χ3n) is 4.82. The van der Waals surface area contributed by atoms with Gasteiger partial charge in [-0.25, -0.2) is 16.8 Å². The van der Waals surface area contributed by atoms with Gasteiger partial charge in [-0.3, -0.25) is 14.8 Å². The minimum absolute atomic E-state index is 0.0394. The summed E-state index contributed by atoms with van der Waals surface area (Å²) in [5.41, 5.74) is 0.394. The summed E-state index contributed by atoms with van der Waals surface area (Å²) in [4.78, 5) is 10.1. The predicted octanol–water partition coefficient (Wildman–Crippen LogP) is 3.56. The van der Waals surface area contributed by atoms with E-state index >= 15 is 0 Å². The van der Waals surface area contributed by atoms with Crippen LogP contribution >= 0.6 is 0 Å². The van der Waals surface area contributed by atoms with Crippen LogP contribution in [-0.2, 0) is 20.0 Å². The topological polar surface area (TPSA) is 139 Å². The Morgan fingerprint density at radius 2 is 1.62 bits per heavy atom. The molecular formula is C20H28N4O6S2. The van der Waals surface area contributed by atoms with Gasteiger partial charge in [0.05, 0.1) is 26.1 Å². The van der Waals surface area contributed by atoms with Crippen molar-refractivity contribution in [3.8, 4) is 0 Å². The Bertz CT molecular complexity index is 1190. The molecule has 2 aromatic rings. The zero-order valence-electron chi connectivity index (χ0n) is 18.5. The van der Waals surface area contributed by atoms with Crippen LogP contribution in [0.5, 0.6) is 0 Å². The van der Waals surface area contributed by atoms with Crippen molar-refractivity contribution in [3.05, 3.63) is 52.1 Å². The van der Waals surface area contributed by atoms with E-state index in [9.17, 15) is 26.9 Å². The lowest BCUT2D eigenvalue weighted by Crippen LogP contribution is -2.30. The highest BCUT2D eigenvalue weighted by molar-refractivity contribution is 7.92. The van der Waals surface area contributed by atoms with Crippen LogP contribution in [0, 0.1) is 17.0 Å². The molecule has 2 aromatic carbocycles. The number of sulfonamides is 2. The lowest BCUT2D eigenvalue weighted by molar-refractivity contribution is -0.385. The first-order chi connectivity index (χ1) is 15.0. The van der Waals surface area contributed by atoms with E-state index < -0.39 is 25.0 Å². The predicted molar refractivity (Wildman–Crippen MR) is 124 cm³/mol. The molecule has 0 atom stereocenters. The van der Waals surface area contributed by atoms with Gasteiger partial charge in [0.1, 0.15) is 0 Å². The molecule has 0 amide bonds. The molecule has 12 heteroatoms. The fraction of sp³-hybridized carbons (Fsp3) is 0.400. The minimum atomic E-state index is -4.24. The van der Waals surface area contributed by atoms with Gasteiger partial charge < -0.3 is 5.32 Å². The Morgan fingerprint density at radius 3 is 2.19 bits per heavy atom. The van der Waals surface area contributed by atoms with Crippen molar-refractivity contribution in [3.63, 3.8) is 0 Å². The van der Waals surface area contributed by atoms with E-state index in [1.54, 1.807) is 13.8 Å². The Balaban J connectivity index is 2.59. The average molecular weight is 485 g/mol. The maximum Gasteiger partial charge on any atom is 0.270 e. The molecule has 0 fully saturated rings. The number of nitrogens with zero attached hydrogens (tertiary/aromatic N) is 2. The third-order valence-corrected chi connectivity index (χ3v) is 8.37. The summed E-state index contributed by atoms with van der Waals surface area (Å²) in [7, 11) is -8.07. The maximum absolute atomic E-state index is 13.1. The van der Waals surface area contributed by atoms with Gasteiger partial charge in [-0.05, 0) is 37.1 Å². The summed E-state index contributed by atoms with van der Waals surface area (Å²) in [6.45, 7) is 7.95. The molecule has 10 nitrogen and oxygen atoms in total.